The number of hydrogen-bond acceptors (Lipinski definition) is 2. The predicted octanol–water partition coefficient (Wildman–Crippen LogP) is 2.10. The van der Waals surface area contributed by atoms with Crippen molar-refractivity contribution < 1.29 is 9.47 Å². The molecule has 0 amide bonds. The third kappa shape index (κ3) is 2.19. The van der Waals surface area contributed by atoms with Crippen LogP contribution in [0.1, 0.15) is 12.0 Å². The van der Waals surface area contributed by atoms with Crippen molar-refractivity contribution in [3.05, 3.63) is 29.8 Å². The van der Waals surface area contributed by atoms with E-state index in [1.807, 2.05) is 12.1 Å². The van der Waals surface area contributed by atoms with E-state index < -0.39 is 0 Å². The van der Waals surface area contributed by atoms with Crippen LogP contribution in [0.3, 0.4) is 0 Å². The van der Waals surface area contributed by atoms with Crippen molar-refractivity contribution in [3.63, 3.8) is 0 Å². The lowest BCUT2D eigenvalue weighted by Crippen LogP contribution is -2.12. The minimum absolute atomic E-state index is 0.771. The lowest BCUT2D eigenvalue weighted by molar-refractivity contribution is 0.355. The van der Waals surface area contributed by atoms with Gasteiger partial charge in [0.1, 0.15) is 0 Å². The molecule has 1 aliphatic rings. The summed E-state index contributed by atoms with van der Waals surface area (Å²) < 4.78 is 10.5. The Bertz CT molecular complexity index is 399. The van der Waals surface area contributed by atoms with E-state index in [9.17, 15) is 0 Å². The molecule has 1 aliphatic heterocycles. The van der Waals surface area contributed by atoms with E-state index in [0.717, 1.165) is 31.0 Å². The third-order valence-electron chi connectivity index (χ3n) is 2.76. The molecule has 0 N–H and O–H groups in total. The molecule has 1 heterocycles. The quantitative estimate of drug-likeness (QED) is 0.778. The van der Waals surface area contributed by atoms with Crippen LogP contribution in [-0.2, 0) is 0 Å². The van der Waals surface area contributed by atoms with E-state index in [4.69, 9.17) is 9.47 Å². The minimum atomic E-state index is 0.771. The Morgan fingerprint density at radius 1 is 1.12 bits per heavy atom. The highest BCUT2D eigenvalue weighted by atomic mass is 16.5. The van der Waals surface area contributed by atoms with Gasteiger partial charge in [-0.1, -0.05) is 12.1 Å². The molecule has 0 spiro atoms. The van der Waals surface area contributed by atoms with Gasteiger partial charge in [-0.25, -0.2) is 5.32 Å². The van der Waals surface area contributed by atoms with Crippen LogP contribution in [0.2, 0.25) is 0 Å². The molecule has 1 radical (unpaired) electrons. The highest BCUT2D eigenvalue weighted by molar-refractivity contribution is 5.69. The Balaban J connectivity index is 2.31. The molecule has 0 atom stereocenters. The summed E-state index contributed by atoms with van der Waals surface area (Å²) in [6, 6.07) is 6.04. The SMILES string of the molecule is COc1ccc(C2=CC[N]CC2)cc1OC. The molecule has 0 aromatic heterocycles. The molecule has 16 heavy (non-hydrogen) atoms. The number of nitrogens with zero attached hydrogens (tertiary/aromatic N) is 1. The van der Waals surface area contributed by atoms with Crippen LogP contribution in [0.4, 0.5) is 0 Å². The molecule has 1 aromatic rings. The van der Waals surface area contributed by atoms with E-state index in [1.54, 1.807) is 14.2 Å². The number of methoxy groups -OCH3 is 2. The van der Waals surface area contributed by atoms with Crippen LogP contribution in [0.5, 0.6) is 11.5 Å². The Morgan fingerprint density at radius 2 is 1.94 bits per heavy atom. The molecule has 1 aromatic carbocycles. The average molecular weight is 218 g/mol. The molecule has 2 rings (SSSR count). The van der Waals surface area contributed by atoms with Gasteiger partial charge in [-0.2, -0.15) is 0 Å². The van der Waals surface area contributed by atoms with Gasteiger partial charge in [-0.05, 0) is 29.7 Å². The zero-order valence-corrected chi connectivity index (χ0v) is 9.69. The first-order valence-electron chi connectivity index (χ1n) is 5.40. The molecular weight excluding hydrogens is 202 g/mol. The van der Waals surface area contributed by atoms with Crippen LogP contribution >= 0.6 is 0 Å². The Hall–Kier alpha value is -1.48. The summed E-state index contributed by atoms with van der Waals surface area (Å²) in [7, 11) is 3.31. The maximum Gasteiger partial charge on any atom is 0.161 e. The highest BCUT2D eigenvalue weighted by Crippen LogP contribution is 2.31. The topological polar surface area (TPSA) is 32.6 Å². The maximum absolute atomic E-state index is 5.29. The van der Waals surface area contributed by atoms with Crippen LogP contribution in [0, 0.1) is 0 Å². The van der Waals surface area contributed by atoms with E-state index >= 15 is 0 Å². The van der Waals surface area contributed by atoms with E-state index in [-0.39, 0.29) is 0 Å². The van der Waals surface area contributed by atoms with Crippen LogP contribution < -0.4 is 14.8 Å². The van der Waals surface area contributed by atoms with Gasteiger partial charge in [-0.15, -0.1) is 0 Å². The lowest BCUT2D eigenvalue weighted by atomic mass is 10.00. The van der Waals surface area contributed by atoms with Crippen LogP contribution in [0.15, 0.2) is 24.3 Å². The normalized spacial score (nSPS) is 15.5. The van der Waals surface area contributed by atoms with Crippen molar-refractivity contribution in [2.75, 3.05) is 27.3 Å². The Labute approximate surface area is 96.1 Å². The fourth-order valence-corrected chi connectivity index (χ4v) is 1.87. The molecule has 0 unspecified atom stereocenters. The van der Waals surface area contributed by atoms with E-state index in [0.29, 0.717) is 0 Å². The highest BCUT2D eigenvalue weighted by Gasteiger charge is 2.10. The van der Waals surface area contributed by atoms with E-state index in [1.165, 1.54) is 11.1 Å². The van der Waals surface area contributed by atoms with E-state index in [2.05, 4.69) is 17.5 Å². The molecular formula is C13H16NO2. The summed E-state index contributed by atoms with van der Waals surface area (Å²) in [6.07, 6.45) is 3.18. The summed E-state index contributed by atoms with van der Waals surface area (Å²) in [4.78, 5) is 0. The number of hydrogen-bond donors (Lipinski definition) is 0. The largest absolute Gasteiger partial charge is 0.493 e. The number of benzene rings is 1. The van der Waals surface area contributed by atoms with Crippen molar-refractivity contribution in [3.8, 4) is 11.5 Å². The summed E-state index contributed by atoms with van der Waals surface area (Å²) in [5, 5.41) is 4.30. The van der Waals surface area contributed by atoms with Crippen molar-refractivity contribution in [1.29, 1.82) is 0 Å². The van der Waals surface area contributed by atoms with Crippen molar-refractivity contribution in [2.45, 2.75) is 6.42 Å². The Kier molecular flexibility index (Phi) is 3.47. The zero-order valence-electron chi connectivity index (χ0n) is 9.69. The van der Waals surface area contributed by atoms with Gasteiger partial charge in [0.05, 0.1) is 14.2 Å². The van der Waals surface area contributed by atoms with Gasteiger partial charge >= 0.3 is 0 Å². The molecule has 3 nitrogen and oxygen atoms in total. The molecule has 85 valence electrons. The van der Waals surface area contributed by atoms with Gasteiger partial charge in [0.15, 0.2) is 11.5 Å². The van der Waals surface area contributed by atoms with Gasteiger partial charge < -0.3 is 9.47 Å². The second-order valence-corrected chi connectivity index (χ2v) is 3.68. The van der Waals surface area contributed by atoms with Crippen LogP contribution in [0.25, 0.3) is 5.57 Å². The van der Waals surface area contributed by atoms with Crippen molar-refractivity contribution >= 4 is 5.57 Å². The first-order chi connectivity index (χ1) is 7.85. The molecule has 0 aliphatic carbocycles. The first kappa shape index (κ1) is 11.0. The minimum Gasteiger partial charge on any atom is -0.493 e. The summed E-state index contributed by atoms with van der Waals surface area (Å²) in [5.41, 5.74) is 2.54. The Morgan fingerprint density at radius 3 is 2.56 bits per heavy atom. The summed E-state index contributed by atoms with van der Waals surface area (Å²) in [6.45, 7) is 1.74. The maximum atomic E-state index is 5.29. The molecule has 0 saturated heterocycles. The second kappa shape index (κ2) is 5.03. The molecule has 0 fully saturated rings. The second-order valence-electron chi connectivity index (χ2n) is 3.68. The fourth-order valence-electron chi connectivity index (χ4n) is 1.87. The van der Waals surface area contributed by atoms with Crippen LogP contribution in [-0.4, -0.2) is 27.3 Å². The summed E-state index contributed by atoms with van der Waals surface area (Å²) in [5.74, 6) is 1.55. The number of rotatable bonds is 3. The van der Waals surface area contributed by atoms with Gasteiger partial charge in [0.25, 0.3) is 0 Å². The standard InChI is InChI=1S/C13H16NO2/c1-15-12-4-3-11(9-13(12)16-2)10-5-7-14-8-6-10/h3-5,9H,6-8H2,1-2H3. The zero-order chi connectivity index (χ0) is 11.4. The summed E-state index contributed by atoms with van der Waals surface area (Å²) >= 11 is 0. The molecule has 3 heteroatoms. The third-order valence-corrected chi connectivity index (χ3v) is 2.76. The van der Waals surface area contributed by atoms with Gasteiger partial charge in [-0.3, -0.25) is 0 Å². The van der Waals surface area contributed by atoms with Gasteiger partial charge in [0, 0.05) is 13.1 Å². The average Bonchev–Trinajstić information content (AvgIpc) is 2.39. The van der Waals surface area contributed by atoms with Crippen molar-refractivity contribution in [2.24, 2.45) is 0 Å². The molecule has 0 bridgehead atoms. The molecule has 0 saturated carbocycles. The predicted molar refractivity (Wildman–Crippen MR) is 64.0 cm³/mol. The smallest absolute Gasteiger partial charge is 0.161 e. The first-order valence-corrected chi connectivity index (χ1v) is 5.40. The fraction of sp³-hybridized carbons (Fsp3) is 0.385. The van der Waals surface area contributed by atoms with Crippen molar-refractivity contribution in [1.82, 2.24) is 5.32 Å². The lowest BCUT2D eigenvalue weighted by Gasteiger charge is -2.15. The van der Waals surface area contributed by atoms with Gasteiger partial charge in [0.2, 0.25) is 0 Å². The monoisotopic (exact) mass is 218 g/mol. The number of ether oxygens (including phenoxy) is 2.